The molecule has 0 heterocycles. The fourth-order valence-corrected chi connectivity index (χ4v) is 0.991. The Morgan fingerprint density at radius 1 is 1.54 bits per heavy atom. The molecule has 3 N–H and O–H groups in total. The van der Waals surface area contributed by atoms with E-state index in [4.69, 9.17) is 21.9 Å². The molecule has 1 aromatic rings. The van der Waals surface area contributed by atoms with Crippen molar-refractivity contribution in [1.82, 2.24) is 0 Å². The van der Waals surface area contributed by atoms with Crippen LogP contribution in [0.5, 0.6) is 0 Å². The van der Waals surface area contributed by atoms with Crippen molar-refractivity contribution in [3.05, 3.63) is 28.5 Å². The van der Waals surface area contributed by atoms with E-state index in [-0.39, 0.29) is 10.7 Å². The first-order valence-electron chi connectivity index (χ1n) is 3.18. The molecule has 6 heteroatoms. The molecule has 0 fully saturated rings. The Morgan fingerprint density at radius 3 is 2.62 bits per heavy atom. The molecule has 0 aromatic heterocycles. The number of benzene rings is 1. The third kappa shape index (κ3) is 1.88. The van der Waals surface area contributed by atoms with Crippen LogP contribution >= 0.6 is 11.6 Å². The third-order valence-electron chi connectivity index (χ3n) is 1.41. The topological polar surface area (TPSA) is 69.6 Å². The predicted octanol–water partition coefficient (Wildman–Crippen LogP) is 1.98. The van der Waals surface area contributed by atoms with Crippen LogP contribution < -0.4 is 5.48 Å². The molecule has 0 unspecified atom stereocenters. The minimum atomic E-state index is -1.43. The van der Waals surface area contributed by atoms with Crippen molar-refractivity contribution in [1.29, 1.82) is 0 Å². The summed E-state index contributed by atoms with van der Waals surface area (Å²) in [5.41, 5.74) is 1.05. The summed E-state index contributed by atoms with van der Waals surface area (Å²) >= 11 is 5.45. The van der Waals surface area contributed by atoms with Gasteiger partial charge in [-0.05, 0) is 12.1 Å². The second-order valence-electron chi connectivity index (χ2n) is 2.23. The molecule has 4 nitrogen and oxygen atoms in total. The van der Waals surface area contributed by atoms with Gasteiger partial charge < -0.3 is 5.11 Å². The van der Waals surface area contributed by atoms with E-state index in [1.165, 1.54) is 0 Å². The van der Waals surface area contributed by atoms with Gasteiger partial charge in [0.1, 0.15) is 5.82 Å². The van der Waals surface area contributed by atoms with Gasteiger partial charge in [-0.2, -0.15) is 0 Å². The maximum absolute atomic E-state index is 12.8. The number of nitrogens with one attached hydrogen (secondary N) is 1. The molecule has 0 radical (unpaired) electrons. The van der Waals surface area contributed by atoms with Crippen LogP contribution in [0, 0.1) is 5.82 Å². The van der Waals surface area contributed by atoms with Crippen LogP contribution in [0.1, 0.15) is 10.4 Å². The summed E-state index contributed by atoms with van der Waals surface area (Å²) in [7, 11) is 0. The lowest BCUT2D eigenvalue weighted by atomic mass is 10.2. The smallest absolute Gasteiger partial charge is 0.338 e. The summed E-state index contributed by atoms with van der Waals surface area (Å²) < 4.78 is 12.8. The van der Waals surface area contributed by atoms with Crippen LogP contribution in [-0.4, -0.2) is 16.3 Å². The van der Waals surface area contributed by atoms with Crippen LogP contribution in [0.2, 0.25) is 5.02 Å². The van der Waals surface area contributed by atoms with Crippen LogP contribution in [0.4, 0.5) is 10.1 Å². The van der Waals surface area contributed by atoms with Crippen LogP contribution in [-0.2, 0) is 0 Å². The van der Waals surface area contributed by atoms with Crippen molar-refractivity contribution in [2.24, 2.45) is 0 Å². The largest absolute Gasteiger partial charge is 0.478 e. The first-order valence-corrected chi connectivity index (χ1v) is 3.56. The van der Waals surface area contributed by atoms with Crippen molar-refractivity contribution >= 4 is 23.3 Å². The number of halogens is 2. The van der Waals surface area contributed by atoms with Crippen LogP contribution in [0.15, 0.2) is 12.1 Å². The standard InChI is InChI=1S/C7H5ClFNO3/c8-4-2-5(9)3(7(11)12)1-6(4)10-13/h1-2,10,13H,(H,11,12). The number of carboxylic acids is 1. The van der Waals surface area contributed by atoms with Gasteiger partial charge in [0.05, 0.1) is 16.3 Å². The van der Waals surface area contributed by atoms with E-state index >= 15 is 0 Å². The fourth-order valence-electron chi connectivity index (χ4n) is 0.799. The zero-order valence-corrected chi connectivity index (χ0v) is 6.97. The first-order chi connectivity index (χ1) is 6.06. The Kier molecular flexibility index (Phi) is 2.69. The summed E-state index contributed by atoms with van der Waals surface area (Å²) in [6, 6.07) is 1.71. The molecule has 70 valence electrons. The van der Waals surface area contributed by atoms with Crippen molar-refractivity contribution in [3.63, 3.8) is 0 Å². The minimum absolute atomic E-state index is 0.0551. The molecule has 0 atom stereocenters. The summed E-state index contributed by atoms with van der Waals surface area (Å²) in [5.74, 6) is -2.37. The lowest BCUT2D eigenvalue weighted by molar-refractivity contribution is 0.0692. The average molecular weight is 206 g/mol. The molecule has 0 amide bonds. The molecular formula is C7H5ClFNO3. The summed E-state index contributed by atoms with van der Waals surface area (Å²) in [5, 5.41) is 16.9. The molecule has 0 aliphatic carbocycles. The lowest BCUT2D eigenvalue weighted by Crippen LogP contribution is -2.02. The normalized spacial score (nSPS) is 9.77. The van der Waals surface area contributed by atoms with Gasteiger partial charge in [-0.3, -0.25) is 10.7 Å². The van der Waals surface area contributed by atoms with Crippen LogP contribution in [0.3, 0.4) is 0 Å². The van der Waals surface area contributed by atoms with Crippen molar-refractivity contribution in [3.8, 4) is 0 Å². The molecule has 13 heavy (non-hydrogen) atoms. The zero-order valence-electron chi connectivity index (χ0n) is 6.21. The van der Waals surface area contributed by atoms with E-state index < -0.39 is 17.3 Å². The highest BCUT2D eigenvalue weighted by atomic mass is 35.5. The maximum atomic E-state index is 12.8. The monoisotopic (exact) mass is 205 g/mol. The van der Waals surface area contributed by atoms with Crippen molar-refractivity contribution in [2.75, 3.05) is 5.48 Å². The number of hydrogen-bond donors (Lipinski definition) is 3. The highest BCUT2D eigenvalue weighted by molar-refractivity contribution is 6.33. The van der Waals surface area contributed by atoms with E-state index in [1.807, 2.05) is 0 Å². The number of aromatic carboxylic acids is 1. The molecule has 0 aliphatic rings. The summed E-state index contributed by atoms with van der Waals surface area (Å²) in [4.78, 5) is 10.4. The van der Waals surface area contributed by atoms with E-state index in [0.29, 0.717) is 0 Å². The number of carboxylic acid groups (broad SMARTS) is 1. The Bertz CT molecular complexity index is 356. The fraction of sp³-hybridized carbons (Fsp3) is 0. The van der Waals surface area contributed by atoms with Crippen molar-refractivity contribution in [2.45, 2.75) is 0 Å². The van der Waals surface area contributed by atoms with Gasteiger partial charge in [-0.25, -0.2) is 9.18 Å². The van der Waals surface area contributed by atoms with Gasteiger partial charge >= 0.3 is 5.97 Å². The predicted molar refractivity (Wildman–Crippen MR) is 43.8 cm³/mol. The molecule has 0 bridgehead atoms. The van der Waals surface area contributed by atoms with E-state index in [9.17, 15) is 9.18 Å². The second kappa shape index (κ2) is 3.59. The second-order valence-corrected chi connectivity index (χ2v) is 2.64. The number of carbonyl (C=O) groups is 1. The van der Waals surface area contributed by atoms with Gasteiger partial charge in [0.25, 0.3) is 0 Å². The van der Waals surface area contributed by atoms with E-state index in [1.54, 1.807) is 5.48 Å². The number of rotatable bonds is 2. The minimum Gasteiger partial charge on any atom is -0.478 e. The Hall–Kier alpha value is -1.33. The molecule has 0 spiro atoms. The van der Waals surface area contributed by atoms with Gasteiger partial charge in [0.2, 0.25) is 0 Å². The lowest BCUT2D eigenvalue weighted by Gasteiger charge is -2.04. The molecule has 0 saturated heterocycles. The Balaban J connectivity index is 3.30. The summed E-state index contributed by atoms with van der Waals surface area (Å²) in [6.45, 7) is 0. The average Bonchev–Trinajstić information content (AvgIpc) is 2.03. The van der Waals surface area contributed by atoms with Crippen LogP contribution in [0.25, 0.3) is 0 Å². The third-order valence-corrected chi connectivity index (χ3v) is 1.72. The first kappa shape index (κ1) is 9.76. The molecule has 0 saturated carbocycles. The molecule has 0 aliphatic heterocycles. The van der Waals surface area contributed by atoms with E-state index in [0.717, 1.165) is 12.1 Å². The molecule has 1 aromatic carbocycles. The molecule has 1 rings (SSSR count). The van der Waals surface area contributed by atoms with E-state index in [2.05, 4.69) is 0 Å². The zero-order chi connectivity index (χ0) is 10.0. The number of anilines is 1. The highest BCUT2D eigenvalue weighted by Gasteiger charge is 2.13. The van der Waals surface area contributed by atoms with Gasteiger partial charge in [0, 0.05) is 0 Å². The van der Waals surface area contributed by atoms with Gasteiger partial charge in [-0.15, -0.1) is 0 Å². The van der Waals surface area contributed by atoms with Crippen molar-refractivity contribution < 1.29 is 19.5 Å². The van der Waals surface area contributed by atoms with Gasteiger partial charge in [-0.1, -0.05) is 11.6 Å². The Labute approximate surface area is 77.5 Å². The summed E-state index contributed by atoms with van der Waals surface area (Å²) in [6.07, 6.45) is 0. The van der Waals surface area contributed by atoms with Gasteiger partial charge in [0.15, 0.2) is 0 Å². The maximum Gasteiger partial charge on any atom is 0.338 e. The number of hydrogen-bond acceptors (Lipinski definition) is 3. The Morgan fingerprint density at radius 2 is 2.15 bits per heavy atom. The molecular weight excluding hydrogens is 201 g/mol. The quantitative estimate of drug-likeness (QED) is 0.646. The highest BCUT2D eigenvalue weighted by Crippen LogP contribution is 2.24. The SMILES string of the molecule is O=C(O)c1cc(NO)c(Cl)cc1F.